The smallest absolute Gasteiger partial charge is 0.334 e. The van der Waals surface area contributed by atoms with Crippen LogP contribution in [0.4, 0.5) is 0 Å². The Kier molecular flexibility index (Phi) is 4.07. The van der Waals surface area contributed by atoms with E-state index in [-0.39, 0.29) is 12.2 Å². The minimum absolute atomic E-state index is 0.263. The molecular formula is C6H9ClO3. The number of rotatable bonds is 3. The van der Waals surface area contributed by atoms with Gasteiger partial charge in [-0.2, -0.15) is 0 Å². The molecule has 0 heterocycles. The maximum atomic E-state index is 10.6. The summed E-state index contributed by atoms with van der Waals surface area (Å²) in [5, 5.41) is 8.33. The number of hydrogen-bond donors (Lipinski definition) is 1. The van der Waals surface area contributed by atoms with Crippen molar-refractivity contribution in [1.82, 2.24) is 0 Å². The van der Waals surface area contributed by atoms with Gasteiger partial charge in [0.2, 0.25) is 0 Å². The SMILES string of the molecule is C=C(C)C(=O)OC(Cl)CO. The van der Waals surface area contributed by atoms with E-state index in [2.05, 4.69) is 11.3 Å². The Labute approximate surface area is 64.2 Å². The van der Waals surface area contributed by atoms with E-state index in [1.807, 2.05) is 0 Å². The third-order valence-electron chi connectivity index (χ3n) is 0.727. The molecule has 0 amide bonds. The van der Waals surface area contributed by atoms with E-state index in [4.69, 9.17) is 16.7 Å². The van der Waals surface area contributed by atoms with E-state index < -0.39 is 11.5 Å². The van der Waals surface area contributed by atoms with Crippen LogP contribution in [0.5, 0.6) is 0 Å². The van der Waals surface area contributed by atoms with Gasteiger partial charge in [-0.1, -0.05) is 18.2 Å². The van der Waals surface area contributed by atoms with E-state index >= 15 is 0 Å². The Morgan fingerprint density at radius 3 is 2.70 bits per heavy atom. The molecule has 58 valence electrons. The van der Waals surface area contributed by atoms with Gasteiger partial charge in [0, 0.05) is 5.57 Å². The maximum Gasteiger partial charge on any atom is 0.334 e. The van der Waals surface area contributed by atoms with Crippen molar-refractivity contribution >= 4 is 17.6 Å². The number of hydrogen-bond acceptors (Lipinski definition) is 3. The van der Waals surface area contributed by atoms with E-state index in [0.717, 1.165) is 0 Å². The molecule has 4 heteroatoms. The van der Waals surface area contributed by atoms with Crippen LogP contribution in [-0.4, -0.2) is 23.2 Å². The number of carbonyl (C=O) groups is 1. The number of ether oxygens (including phenoxy) is 1. The number of halogens is 1. The minimum atomic E-state index is -0.968. The summed E-state index contributed by atoms with van der Waals surface area (Å²) in [6.45, 7) is 4.44. The van der Waals surface area contributed by atoms with Gasteiger partial charge in [0.25, 0.3) is 0 Å². The molecule has 0 aliphatic heterocycles. The summed E-state index contributed by atoms with van der Waals surface area (Å²) < 4.78 is 4.44. The molecule has 0 saturated heterocycles. The van der Waals surface area contributed by atoms with E-state index in [1.165, 1.54) is 6.92 Å². The lowest BCUT2D eigenvalue weighted by Gasteiger charge is -2.06. The molecule has 0 aromatic carbocycles. The van der Waals surface area contributed by atoms with Crippen LogP contribution < -0.4 is 0 Å². The maximum absolute atomic E-state index is 10.6. The molecular weight excluding hydrogens is 156 g/mol. The molecule has 0 radical (unpaired) electrons. The highest BCUT2D eigenvalue weighted by atomic mass is 35.5. The van der Waals surface area contributed by atoms with Gasteiger partial charge in [-0.3, -0.25) is 0 Å². The Morgan fingerprint density at radius 1 is 1.90 bits per heavy atom. The van der Waals surface area contributed by atoms with Gasteiger partial charge >= 0.3 is 5.97 Å². The number of aliphatic hydroxyl groups excluding tert-OH is 1. The van der Waals surface area contributed by atoms with Crippen molar-refractivity contribution in [3.63, 3.8) is 0 Å². The second-order valence-corrected chi connectivity index (χ2v) is 2.27. The average Bonchev–Trinajstić information content (AvgIpc) is 1.87. The van der Waals surface area contributed by atoms with Crippen molar-refractivity contribution in [3.05, 3.63) is 12.2 Å². The predicted octanol–water partition coefficient (Wildman–Crippen LogP) is 0.663. The van der Waals surface area contributed by atoms with Crippen LogP contribution in [0, 0.1) is 0 Å². The summed E-state index contributed by atoms with van der Waals surface area (Å²) in [5.41, 5.74) is -0.705. The topological polar surface area (TPSA) is 46.5 Å². The fraction of sp³-hybridized carbons (Fsp3) is 0.500. The van der Waals surface area contributed by atoms with Crippen LogP contribution in [-0.2, 0) is 9.53 Å². The van der Waals surface area contributed by atoms with Gasteiger partial charge in [0.1, 0.15) is 0 Å². The third kappa shape index (κ3) is 3.48. The molecule has 0 aliphatic carbocycles. The second-order valence-electron chi connectivity index (χ2n) is 1.78. The predicted molar refractivity (Wildman–Crippen MR) is 37.6 cm³/mol. The summed E-state index contributed by atoms with van der Waals surface area (Å²) in [7, 11) is 0. The van der Waals surface area contributed by atoms with E-state index in [9.17, 15) is 4.79 Å². The van der Waals surface area contributed by atoms with Crippen molar-refractivity contribution in [2.75, 3.05) is 6.61 Å². The van der Waals surface area contributed by atoms with Crippen molar-refractivity contribution in [1.29, 1.82) is 0 Å². The molecule has 0 fully saturated rings. The Morgan fingerprint density at radius 2 is 2.40 bits per heavy atom. The van der Waals surface area contributed by atoms with E-state index in [0.29, 0.717) is 0 Å². The Hall–Kier alpha value is -0.540. The fourth-order valence-electron chi connectivity index (χ4n) is 0.254. The van der Waals surface area contributed by atoms with Crippen LogP contribution in [0.2, 0.25) is 0 Å². The van der Waals surface area contributed by atoms with Crippen molar-refractivity contribution in [2.45, 2.75) is 12.5 Å². The van der Waals surface area contributed by atoms with Gasteiger partial charge < -0.3 is 9.84 Å². The zero-order valence-corrected chi connectivity index (χ0v) is 6.39. The molecule has 1 unspecified atom stereocenters. The number of carbonyl (C=O) groups excluding carboxylic acids is 1. The second kappa shape index (κ2) is 4.30. The quantitative estimate of drug-likeness (QED) is 0.379. The molecule has 3 nitrogen and oxygen atoms in total. The van der Waals surface area contributed by atoms with Crippen molar-refractivity contribution in [2.24, 2.45) is 0 Å². The van der Waals surface area contributed by atoms with Gasteiger partial charge in [-0.25, -0.2) is 4.79 Å². The molecule has 0 aromatic rings. The number of aliphatic hydroxyl groups is 1. The summed E-state index contributed by atoms with van der Waals surface area (Å²) in [5.74, 6) is -0.589. The zero-order valence-electron chi connectivity index (χ0n) is 5.63. The summed E-state index contributed by atoms with van der Waals surface area (Å²) in [6.07, 6.45) is 0. The molecule has 10 heavy (non-hydrogen) atoms. The van der Waals surface area contributed by atoms with Gasteiger partial charge in [-0.05, 0) is 6.92 Å². The molecule has 0 rings (SSSR count). The standard InChI is InChI=1S/C6H9ClO3/c1-4(2)6(9)10-5(7)3-8/h5,8H,1,3H2,2H3. The monoisotopic (exact) mass is 164 g/mol. The van der Waals surface area contributed by atoms with Crippen LogP contribution >= 0.6 is 11.6 Å². The summed E-state index contributed by atoms with van der Waals surface area (Å²) in [6, 6.07) is 0. The first-order chi connectivity index (χ1) is 4.57. The van der Waals surface area contributed by atoms with Crippen LogP contribution in [0.25, 0.3) is 0 Å². The number of esters is 1. The third-order valence-corrected chi connectivity index (χ3v) is 0.954. The van der Waals surface area contributed by atoms with Gasteiger partial charge in [0.05, 0.1) is 6.61 Å². The lowest BCUT2D eigenvalue weighted by atomic mass is 10.4. The van der Waals surface area contributed by atoms with Crippen LogP contribution in [0.1, 0.15) is 6.92 Å². The Balaban J connectivity index is 3.68. The highest BCUT2D eigenvalue weighted by Crippen LogP contribution is 2.01. The molecule has 0 bridgehead atoms. The molecule has 0 aromatic heterocycles. The zero-order chi connectivity index (χ0) is 8.15. The largest absolute Gasteiger partial charge is 0.440 e. The van der Waals surface area contributed by atoms with Crippen molar-refractivity contribution in [3.8, 4) is 0 Å². The summed E-state index contributed by atoms with van der Waals surface area (Å²) >= 11 is 5.27. The average molecular weight is 165 g/mol. The lowest BCUT2D eigenvalue weighted by Crippen LogP contribution is -2.16. The fourth-order valence-corrected chi connectivity index (χ4v) is 0.335. The highest BCUT2D eigenvalue weighted by Gasteiger charge is 2.09. The first-order valence-corrected chi connectivity index (χ1v) is 3.13. The van der Waals surface area contributed by atoms with Gasteiger partial charge in [-0.15, -0.1) is 0 Å². The molecule has 0 spiro atoms. The van der Waals surface area contributed by atoms with Crippen molar-refractivity contribution < 1.29 is 14.6 Å². The Bertz CT molecular complexity index is 144. The lowest BCUT2D eigenvalue weighted by molar-refractivity contribution is -0.141. The first-order valence-electron chi connectivity index (χ1n) is 2.69. The van der Waals surface area contributed by atoms with Crippen LogP contribution in [0.15, 0.2) is 12.2 Å². The van der Waals surface area contributed by atoms with Gasteiger partial charge in [0.15, 0.2) is 5.56 Å². The molecule has 1 N–H and O–H groups in total. The normalized spacial score (nSPS) is 12.3. The molecule has 0 aliphatic rings. The van der Waals surface area contributed by atoms with E-state index in [1.54, 1.807) is 0 Å². The minimum Gasteiger partial charge on any atom is -0.440 e. The highest BCUT2D eigenvalue weighted by molar-refractivity contribution is 6.20. The molecule has 0 saturated carbocycles. The summed E-state index contributed by atoms with van der Waals surface area (Å²) in [4.78, 5) is 10.6. The van der Waals surface area contributed by atoms with Crippen LogP contribution in [0.3, 0.4) is 0 Å². The molecule has 1 atom stereocenters. The first kappa shape index (κ1) is 9.46. The number of alkyl halides is 1.